The van der Waals surface area contributed by atoms with Crippen LogP contribution in [-0.4, -0.2) is 50.0 Å². The first-order chi connectivity index (χ1) is 19.7. The molecule has 0 aromatic rings. The van der Waals surface area contributed by atoms with Crippen LogP contribution in [0.1, 0.15) is 125 Å². The summed E-state index contributed by atoms with van der Waals surface area (Å²) in [6.07, 6.45) is 0. The van der Waals surface area contributed by atoms with Crippen molar-refractivity contribution in [2.24, 2.45) is 32.5 Å². The Kier molecular flexibility index (Phi) is 63.1. The van der Waals surface area contributed by atoms with Gasteiger partial charge in [0.15, 0.2) is 0 Å². The Balaban J connectivity index is -0.0000000334. The number of hydrogen-bond donors (Lipinski definition) is 0. The molecule has 0 rings (SSSR count). The molecule has 18 heteroatoms. The van der Waals surface area contributed by atoms with Crippen molar-refractivity contribution in [1.82, 2.24) is 0 Å². The number of carboxylic acid groups (broad SMARTS) is 6. The van der Waals surface area contributed by atoms with Crippen LogP contribution in [0.25, 0.3) is 0 Å². The molecule has 0 heterocycles. The van der Waals surface area contributed by atoms with Crippen LogP contribution in [0, 0.1) is 32.5 Å². The molecule has 0 aliphatic carbocycles. The summed E-state index contributed by atoms with van der Waals surface area (Å²) in [4.78, 5) is 59.5. The summed E-state index contributed by atoms with van der Waals surface area (Å²) in [5.41, 5.74) is -4.17. The van der Waals surface area contributed by atoms with Gasteiger partial charge >= 0.3 is 81.7 Å². The minimum atomic E-state index is -1.01. The molecule has 312 valence electrons. The van der Waals surface area contributed by atoms with Crippen LogP contribution < -0.4 is 40.9 Å². The zero-order valence-corrected chi connectivity index (χ0v) is 39.2. The van der Waals surface area contributed by atoms with E-state index in [0.717, 1.165) is 14.2 Å². The molecule has 0 aromatic carbocycles. The van der Waals surface area contributed by atoms with E-state index in [4.69, 9.17) is 10.2 Å². The normalized spacial score (nSPS) is 9.72. The number of carboxylic acids is 6. The molecular weight excluding hydrogens is 1030 g/mol. The first-order valence-corrected chi connectivity index (χ1v) is 13.8. The smallest absolute Gasteiger partial charge is 0.857 e. The predicted molar refractivity (Wildman–Crippen MR) is 159 cm³/mol. The van der Waals surface area contributed by atoms with E-state index in [2.05, 4.69) is 0 Å². The van der Waals surface area contributed by atoms with Gasteiger partial charge < -0.3 is 69.6 Å². The zero-order valence-electron chi connectivity index (χ0n) is 33.0. The van der Waals surface area contributed by atoms with Crippen molar-refractivity contribution in [2.45, 2.75) is 125 Å². The Hall–Kier alpha value is -0.611. The Morgan fingerprint density at radius 1 is 0.240 bits per heavy atom. The predicted octanol–water partition coefficient (Wildman–Crippen LogP) is -3.36. The van der Waals surface area contributed by atoms with Gasteiger partial charge in [-0.1, -0.05) is 125 Å². The van der Waals surface area contributed by atoms with Crippen LogP contribution in [0.5, 0.6) is 0 Å². The summed E-state index contributed by atoms with van der Waals surface area (Å²) >= 11 is 0. The summed E-state index contributed by atoms with van der Waals surface area (Å²) < 4.78 is 0. The molecule has 0 N–H and O–H groups in total. The first-order valence-electron chi connectivity index (χ1n) is 13.8. The number of hydrogen-bond acceptors (Lipinski definition) is 14. The maximum atomic E-state index is 9.91. The third kappa shape index (κ3) is 81.4. The third-order valence-corrected chi connectivity index (χ3v) is 3.67. The maximum absolute atomic E-state index is 9.91. The average molecular weight is 1090 g/mol. The van der Waals surface area contributed by atoms with Gasteiger partial charge in [0, 0.05) is 68.3 Å². The van der Waals surface area contributed by atoms with Crippen LogP contribution in [0.2, 0.25) is 0 Å². The van der Waals surface area contributed by atoms with Crippen LogP contribution >= 0.6 is 0 Å². The van der Waals surface area contributed by atoms with E-state index in [-0.39, 0.29) is 81.7 Å². The van der Waals surface area contributed by atoms with Gasteiger partial charge in [0.1, 0.15) is 0 Å². The van der Waals surface area contributed by atoms with Gasteiger partial charge in [-0.25, -0.2) is 0 Å². The molecule has 0 aromatic heterocycles. The van der Waals surface area contributed by atoms with E-state index in [9.17, 15) is 59.4 Å². The molecule has 0 saturated heterocycles. The molecule has 0 radical (unpaired) electrons. The second-order valence-corrected chi connectivity index (χ2v) is 15.2. The van der Waals surface area contributed by atoms with Gasteiger partial charge in [-0.15, -0.1) is 0 Å². The molecule has 0 aliphatic heterocycles. The summed E-state index contributed by atoms with van der Waals surface area (Å²) in [6.45, 7) is 28.8. The molecule has 0 spiro atoms. The SMILES string of the molecule is CC(C)(C)C(=O)[O-].CC(C)(C)C(=O)[O-].CC(C)(C)C(=O)[O-].CC(C)(C)C(=O)[O-].CC(C)(C)C(=O)[O-].CC(C)(C)C(=O)[O-].C[O-].C[O-].[Pd+2].[Pd+2].[Pd+2].[Pd+2]. The molecule has 0 aliphatic rings. The topological polar surface area (TPSA) is 287 Å². The fourth-order valence-electron chi connectivity index (χ4n) is 0. The standard InChI is InChI=1S/6C5H10O2.2CH3O.4Pd/c6*1-5(2,3)4(6)7;2*1-2;;;;/h6*1-3H3,(H,6,7);2*1H3;;;;/q;;;;;;2*-1;4*+2/p-6. The van der Waals surface area contributed by atoms with Crippen molar-refractivity contribution in [1.29, 1.82) is 0 Å². The van der Waals surface area contributed by atoms with E-state index in [1.54, 1.807) is 125 Å². The van der Waals surface area contributed by atoms with Crippen molar-refractivity contribution < 1.29 is 151 Å². The monoisotopic (exact) mass is 1090 g/mol. The van der Waals surface area contributed by atoms with Crippen molar-refractivity contribution in [3.63, 3.8) is 0 Å². The van der Waals surface area contributed by atoms with Crippen molar-refractivity contribution in [3.8, 4) is 0 Å². The van der Waals surface area contributed by atoms with Gasteiger partial charge in [-0.2, -0.15) is 14.2 Å². The molecule has 0 saturated carbocycles. The largest absolute Gasteiger partial charge is 2.00 e. The average Bonchev–Trinajstić information content (AvgIpc) is 2.80. The first kappa shape index (κ1) is 82.7. The van der Waals surface area contributed by atoms with Gasteiger partial charge in [0.05, 0.1) is 0 Å². The molecule has 0 bridgehead atoms. The molecule has 0 unspecified atom stereocenters. The number of aliphatic carboxylic acids is 6. The molecule has 14 nitrogen and oxygen atoms in total. The zero-order chi connectivity index (χ0) is 40.5. The van der Waals surface area contributed by atoms with E-state index in [0.29, 0.717) is 0 Å². The summed E-state index contributed by atoms with van der Waals surface area (Å²) in [5.74, 6) is -6.04. The quantitative estimate of drug-likeness (QED) is 0.214. The van der Waals surface area contributed by atoms with Crippen LogP contribution in [-0.2, 0) is 110 Å². The Bertz CT molecular complexity index is 682. The van der Waals surface area contributed by atoms with E-state index < -0.39 is 68.3 Å². The molecule has 0 fully saturated rings. The number of carbonyl (C=O) groups is 6. The Morgan fingerprint density at radius 2 is 0.260 bits per heavy atom. The van der Waals surface area contributed by atoms with Crippen molar-refractivity contribution in [3.05, 3.63) is 0 Å². The minimum absolute atomic E-state index is 0. The summed E-state index contributed by atoms with van der Waals surface area (Å²) in [6, 6.07) is 0. The van der Waals surface area contributed by atoms with Gasteiger partial charge in [-0.3, -0.25) is 0 Å². The van der Waals surface area contributed by atoms with Crippen molar-refractivity contribution >= 4 is 35.8 Å². The molecular formula is C32H60O14Pd4. The fraction of sp³-hybridized carbons (Fsp3) is 0.812. The van der Waals surface area contributed by atoms with Gasteiger partial charge in [0.2, 0.25) is 0 Å². The fourth-order valence-corrected chi connectivity index (χ4v) is 0. The van der Waals surface area contributed by atoms with Gasteiger partial charge in [0.25, 0.3) is 0 Å². The second-order valence-electron chi connectivity index (χ2n) is 15.2. The van der Waals surface area contributed by atoms with Crippen LogP contribution in [0.3, 0.4) is 0 Å². The Morgan fingerprint density at radius 3 is 0.260 bits per heavy atom. The summed E-state index contributed by atoms with van der Waals surface area (Å²) in [7, 11) is 1.50. The van der Waals surface area contributed by atoms with E-state index in [1.165, 1.54) is 0 Å². The molecule has 0 amide bonds. The van der Waals surface area contributed by atoms with Gasteiger partial charge in [-0.05, 0) is 0 Å². The molecule has 50 heavy (non-hydrogen) atoms. The van der Waals surface area contributed by atoms with Crippen LogP contribution in [0.15, 0.2) is 0 Å². The Labute approximate surface area is 356 Å². The van der Waals surface area contributed by atoms with Crippen LogP contribution in [0.4, 0.5) is 0 Å². The molecule has 0 atom stereocenters. The number of carbonyl (C=O) groups excluding carboxylic acids is 6. The van der Waals surface area contributed by atoms with E-state index >= 15 is 0 Å². The second kappa shape index (κ2) is 38.1. The third-order valence-electron chi connectivity index (χ3n) is 3.67. The number of rotatable bonds is 0. The summed E-state index contributed by atoms with van der Waals surface area (Å²) in [5, 5.41) is 76.0. The van der Waals surface area contributed by atoms with Crippen molar-refractivity contribution in [2.75, 3.05) is 14.2 Å². The van der Waals surface area contributed by atoms with E-state index in [1.807, 2.05) is 0 Å². The minimum Gasteiger partial charge on any atom is -0.857 e. The maximum Gasteiger partial charge on any atom is 2.00 e.